The lowest BCUT2D eigenvalue weighted by atomic mass is 10.1. The first-order valence-corrected chi connectivity index (χ1v) is 8.13. The fourth-order valence-corrected chi connectivity index (χ4v) is 3.32. The van der Waals surface area contributed by atoms with E-state index in [1.54, 1.807) is 12.1 Å². The molecule has 1 aromatic carbocycles. The Morgan fingerprint density at radius 2 is 2.23 bits per heavy atom. The summed E-state index contributed by atoms with van der Waals surface area (Å²) in [5.41, 5.74) is 1.20. The summed E-state index contributed by atoms with van der Waals surface area (Å²) >= 11 is 7.50. The molecule has 0 spiro atoms. The van der Waals surface area contributed by atoms with Crippen molar-refractivity contribution >= 4 is 44.9 Å². The average Bonchev–Trinajstić information content (AvgIpc) is 3.05. The van der Waals surface area contributed by atoms with Gasteiger partial charge >= 0.3 is 0 Å². The maximum atomic E-state index is 12.3. The van der Waals surface area contributed by atoms with E-state index in [0.717, 1.165) is 22.3 Å². The van der Waals surface area contributed by atoms with E-state index in [0.29, 0.717) is 21.8 Å². The summed E-state index contributed by atoms with van der Waals surface area (Å²) in [7, 11) is 0. The Balaban J connectivity index is 1.78. The average molecular weight is 335 g/mol. The van der Waals surface area contributed by atoms with Crippen LogP contribution >= 0.6 is 22.9 Å². The van der Waals surface area contributed by atoms with E-state index in [9.17, 15) is 4.79 Å². The number of amides is 1. The lowest BCUT2D eigenvalue weighted by Crippen LogP contribution is -2.11. The van der Waals surface area contributed by atoms with Crippen LogP contribution < -0.4 is 5.32 Å². The number of nitrogens with one attached hydrogen (secondary N) is 2. The van der Waals surface area contributed by atoms with Crippen molar-refractivity contribution in [3.05, 3.63) is 40.0 Å². The van der Waals surface area contributed by atoms with E-state index in [1.807, 2.05) is 12.1 Å². The fraction of sp³-hybridized carbons (Fsp3) is 0.267. The van der Waals surface area contributed by atoms with Gasteiger partial charge in [-0.25, -0.2) is 0 Å². The Bertz CT molecular complexity index is 824. The van der Waals surface area contributed by atoms with Gasteiger partial charge in [-0.05, 0) is 18.1 Å². The zero-order valence-electron chi connectivity index (χ0n) is 12.2. The fourth-order valence-electron chi connectivity index (χ4n) is 2.14. The Kier molecular flexibility index (Phi) is 4.13. The Morgan fingerprint density at radius 3 is 2.95 bits per heavy atom. The summed E-state index contributed by atoms with van der Waals surface area (Å²) < 4.78 is 0. The molecule has 2 N–H and O–H groups in total. The minimum Gasteiger partial charge on any atom is -0.349 e. The Morgan fingerprint density at radius 1 is 1.41 bits per heavy atom. The molecule has 0 fully saturated rings. The van der Waals surface area contributed by atoms with Crippen molar-refractivity contribution in [2.45, 2.75) is 20.3 Å². The summed E-state index contributed by atoms with van der Waals surface area (Å²) in [6.07, 6.45) is 0.857. The normalized spacial score (nSPS) is 11.3. The van der Waals surface area contributed by atoms with Crippen molar-refractivity contribution in [1.82, 2.24) is 15.2 Å². The van der Waals surface area contributed by atoms with E-state index in [4.69, 9.17) is 11.6 Å². The predicted octanol–water partition coefficient (Wildman–Crippen LogP) is 4.12. The zero-order valence-corrected chi connectivity index (χ0v) is 13.8. The van der Waals surface area contributed by atoms with Gasteiger partial charge in [0, 0.05) is 11.8 Å². The third kappa shape index (κ3) is 3.13. The molecule has 0 aliphatic rings. The van der Waals surface area contributed by atoms with E-state index >= 15 is 0 Å². The molecule has 5 nitrogen and oxygen atoms in total. The van der Waals surface area contributed by atoms with Crippen molar-refractivity contribution in [3.63, 3.8) is 0 Å². The second-order valence-corrected chi connectivity index (χ2v) is 6.91. The molecular formula is C15H15ClN4OS. The molecule has 0 aliphatic carbocycles. The number of para-hydroxylation sites is 1. The summed E-state index contributed by atoms with van der Waals surface area (Å²) in [6, 6.07) is 7.31. The van der Waals surface area contributed by atoms with Crippen LogP contribution in [0.5, 0.6) is 0 Å². The number of hydrogen-bond acceptors (Lipinski definition) is 4. The number of carbonyl (C=O) groups is 1. The number of halogens is 1. The minimum absolute atomic E-state index is 0.250. The number of nitrogens with zero attached hydrogens (tertiary/aromatic N) is 2. The van der Waals surface area contributed by atoms with Gasteiger partial charge in [0.05, 0.1) is 10.5 Å². The van der Waals surface area contributed by atoms with Crippen LogP contribution in [0.15, 0.2) is 24.3 Å². The lowest BCUT2D eigenvalue weighted by molar-refractivity contribution is 0.102. The molecule has 0 saturated heterocycles. The van der Waals surface area contributed by atoms with Gasteiger partial charge in [-0.3, -0.25) is 10.1 Å². The molecule has 1 amide bonds. The highest BCUT2D eigenvalue weighted by Crippen LogP contribution is 2.24. The first-order valence-electron chi connectivity index (χ1n) is 6.94. The highest BCUT2D eigenvalue weighted by molar-refractivity contribution is 7.15. The topological polar surface area (TPSA) is 70.7 Å². The number of benzene rings is 1. The molecule has 0 bridgehead atoms. The van der Waals surface area contributed by atoms with Crippen LogP contribution in [0.25, 0.3) is 10.9 Å². The van der Waals surface area contributed by atoms with E-state index in [1.165, 1.54) is 11.3 Å². The maximum Gasteiger partial charge on any atom is 0.273 e. The molecule has 0 saturated carbocycles. The highest BCUT2D eigenvalue weighted by atomic mass is 35.5. The van der Waals surface area contributed by atoms with Crippen molar-refractivity contribution in [2.75, 3.05) is 5.32 Å². The molecular weight excluding hydrogens is 320 g/mol. The van der Waals surface area contributed by atoms with Gasteiger partial charge < -0.3 is 4.98 Å². The van der Waals surface area contributed by atoms with E-state index in [-0.39, 0.29) is 5.91 Å². The molecule has 114 valence electrons. The number of fused-ring (bicyclic) bond motifs is 1. The molecule has 3 aromatic rings. The summed E-state index contributed by atoms with van der Waals surface area (Å²) in [5, 5.41) is 13.8. The molecule has 0 radical (unpaired) electrons. The molecule has 2 heterocycles. The number of H-pyrrole nitrogens is 1. The van der Waals surface area contributed by atoms with Gasteiger partial charge in [0.15, 0.2) is 0 Å². The number of anilines is 1. The van der Waals surface area contributed by atoms with Gasteiger partial charge in [-0.2, -0.15) is 0 Å². The molecule has 3 rings (SSSR count). The SMILES string of the molecule is CC(C)Cc1nnc(NC(=O)c2cc3cccc(Cl)c3[nH]2)s1. The number of aromatic nitrogens is 3. The number of hydrogen-bond donors (Lipinski definition) is 2. The van der Waals surface area contributed by atoms with Gasteiger partial charge in [-0.1, -0.05) is 48.9 Å². The minimum atomic E-state index is -0.250. The zero-order chi connectivity index (χ0) is 15.7. The third-order valence-electron chi connectivity index (χ3n) is 3.12. The summed E-state index contributed by atoms with van der Waals surface area (Å²) in [4.78, 5) is 15.3. The second kappa shape index (κ2) is 6.06. The predicted molar refractivity (Wildman–Crippen MR) is 89.7 cm³/mol. The van der Waals surface area contributed by atoms with Crippen LogP contribution in [-0.2, 0) is 6.42 Å². The van der Waals surface area contributed by atoms with Crippen LogP contribution in [0.3, 0.4) is 0 Å². The van der Waals surface area contributed by atoms with E-state index in [2.05, 4.69) is 34.3 Å². The van der Waals surface area contributed by atoms with Gasteiger partial charge in [0.1, 0.15) is 10.7 Å². The monoisotopic (exact) mass is 334 g/mol. The molecule has 7 heteroatoms. The summed E-state index contributed by atoms with van der Waals surface area (Å²) in [6.45, 7) is 4.24. The number of rotatable bonds is 4. The largest absolute Gasteiger partial charge is 0.349 e. The van der Waals surface area contributed by atoms with Crippen molar-refractivity contribution in [1.29, 1.82) is 0 Å². The molecule has 0 atom stereocenters. The molecule has 22 heavy (non-hydrogen) atoms. The quantitative estimate of drug-likeness (QED) is 0.753. The standard InChI is InChI=1S/C15H15ClN4OS/c1-8(2)6-12-19-20-15(22-12)18-14(21)11-7-9-4-3-5-10(16)13(9)17-11/h3-5,7-8,17H,6H2,1-2H3,(H,18,20,21). The number of aromatic amines is 1. The first kappa shape index (κ1) is 15.0. The van der Waals surface area contributed by atoms with Gasteiger partial charge in [-0.15, -0.1) is 10.2 Å². The molecule has 0 aliphatic heterocycles. The van der Waals surface area contributed by atoms with Crippen molar-refractivity contribution in [2.24, 2.45) is 5.92 Å². The van der Waals surface area contributed by atoms with Gasteiger partial charge in [0.2, 0.25) is 5.13 Å². The van der Waals surface area contributed by atoms with Crippen LogP contribution in [0, 0.1) is 5.92 Å². The van der Waals surface area contributed by atoms with Crippen molar-refractivity contribution < 1.29 is 4.79 Å². The van der Waals surface area contributed by atoms with Crippen molar-refractivity contribution in [3.8, 4) is 0 Å². The summed E-state index contributed by atoms with van der Waals surface area (Å²) in [5.74, 6) is 0.256. The second-order valence-electron chi connectivity index (χ2n) is 5.44. The van der Waals surface area contributed by atoms with Crippen LogP contribution in [0.1, 0.15) is 29.3 Å². The van der Waals surface area contributed by atoms with Crippen LogP contribution in [0.2, 0.25) is 5.02 Å². The molecule has 2 aromatic heterocycles. The van der Waals surface area contributed by atoms with Crippen LogP contribution in [-0.4, -0.2) is 21.1 Å². The Hall–Kier alpha value is -1.92. The highest BCUT2D eigenvalue weighted by Gasteiger charge is 2.14. The third-order valence-corrected chi connectivity index (χ3v) is 4.30. The van der Waals surface area contributed by atoms with Crippen LogP contribution in [0.4, 0.5) is 5.13 Å². The maximum absolute atomic E-state index is 12.3. The van der Waals surface area contributed by atoms with E-state index < -0.39 is 0 Å². The smallest absolute Gasteiger partial charge is 0.273 e. The lowest BCUT2D eigenvalue weighted by Gasteiger charge is -1.98. The molecule has 0 unspecified atom stereocenters. The number of carbonyl (C=O) groups excluding carboxylic acids is 1. The Labute approximate surface area is 136 Å². The first-order chi connectivity index (χ1) is 10.5. The van der Waals surface area contributed by atoms with Gasteiger partial charge in [0.25, 0.3) is 5.91 Å².